The lowest BCUT2D eigenvalue weighted by Gasteiger charge is -2.31. The number of carbonyl (C=O) groups is 1. The number of hydrogen-bond donors (Lipinski definition) is 1. The Kier molecular flexibility index (Phi) is 4.62. The molecule has 1 saturated carbocycles. The first kappa shape index (κ1) is 14.9. The van der Waals surface area contributed by atoms with Gasteiger partial charge in [-0.1, -0.05) is 42.8 Å². The average Bonchev–Trinajstić information content (AvgIpc) is 2.84. The molecule has 3 rings (SSSR count). The minimum Gasteiger partial charge on any atom is -0.455 e. The molecule has 3 nitrogen and oxygen atoms in total. The van der Waals surface area contributed by atoms with Gasteiger partial charge in [-0.3, -0.25) is 0 Å². The van der Waals surface area contributed by atoms with Gasteiger partial charge in [0.25, 0.3) is 0 Å². The summed E-state index contributed by atoms with van der Waals surface area (Å²) in [5.74, 6) is -0.130. The van der Waals surface area contributed by atoms with E-state index in [2.05, 4.69) is 17.4 Å². The van der Waals surface area contributed by atoms with E-state index in [1.54, 1.807) is 0 Å². The van der Waals surface area contributed by atoms with E-state index < -0.39 is 0 Å². The summed E-state index contributed by atoms with van der Waals surface area (Å²) >= 11 is 0. The molecular formula is C19H23NO2. The van der Waals surface area contributed by atoms with Gasteiger partial charge in [-0.15, -0.1) is 0 Å². The number of esters is 1. The van der Waals surface area contributed by atoms with Crippen LogP contribution in [0.2, 0.25) is 0 Å². The van der Waals surface area contributed by atoms with Gasteiger partial charge in [-0.05, 0) is 43.5 Å². The Morgan fingerprint density at radius 3 is 2.68 bits per heavy atom. The number of benzene rings is 1. The lowest BCUT2D eigenvalue weighted by atomic mass is 9.82. The van der Waals surface area contributed by atoms with Crippen molar-refractivity contribution in [1.29, 1.82) is 0 Å². The Labute approximate surface area is 132 Å². The van der Waals surface area contributed by atoms with Crippen molar-refractivity contribution in [3.8, 4) is 0 Å². The van der Waals surface area contributed by atoms with Crippen molar-refractivity contribution in [2.75, 3.05) is 0 Å². The van der Waals surface area contributed by atoms with Crippen LogP contribution in [-0.4, -0.2) is 11.6 Å². The highest BCUT2D eigenvalue weighted by atomic mass is 16.6. The van der Waals surface area contributed by atoms with E-state index >= 15 is 0 Å². The summed E-state index contributed by atoms with van der Waals surface area (Å²) in [5.41, 5.74) is 1.85. The minimum atomic E-state index is -0.188. The quantitative estimate of drug-likeness (QED) is 0.677. The molecule has 1 spiro atoms. The van der Waals surface area contributed by atoms with Crippen LogP contribution in [0.4, 0.5) is 0 Å². The van der Waals surface area contributed by atoms with E-state index in [1.165, 1.54) is 24.8 Å². The van der Waals surface area contributed by atoms with E-state index in [0.717, 1.165) is 31.4 Å². The van der Waals surface area contributed by atoms with Crippen LogP contribution in [0.25, 0.3) is 0 Å². The highest BCUT2D eigenvalue weighted by Crippen LogP contribution is 2.41. The van der Waals surface area contributed by atoms with Gasteiger partial charge in [0.2, 0.25) is 0 Å². The molecule has 116 valence electrons. The predicted molar refractivity (Wildman–Crippen MR) is 87.0 cm³/mol. The van der Waals surface area contributed by atoms with E-state index in [1.807, 2.05) is 36.6 Å². The van der Waals surface area contributed by atoms with Crippen LogP contribution in [-0.2, 0) is 16.1 Å². The summed E-state index contributed by atoms with van der Waals surface area (Å²) in [7, 11) is 0. The van der Waals surface area contributed by atoms with Crippen molar-refractivity contribution in [2.24, 2.45) is 0 Å². The highest BCUT2D eigenvalue weighted by Gasteiger charge is 2.43. The molecule has 1 aliphatic carbocycles. The van der Waals surface area contributed by atoms with Crippen molar-refractivity contribution in [2.45, 2.75) is 50.7 Å². The number of carbonyl (C=O) groups excluding carboxylic acids is 1. The molecule has 0 amide bonds. The third kappa shape index (κ3) is 3.59. The van der Waals surface area contributed by atoms with Gasteiger partial charge in [-0.2, -0.15) is 0 Å². The van der Waals surface area contributed by atoms with Crippen LogP contribution >= 0.6 is 0 Å². The van der Waals surface area contributed by atoms with Gasteiger partial charge in [0.1, 0.15) is 5.60 Å². The molecule has 0 bridgehead atoms. The topological polar surface area (TPSA) is 38.3 Å². The summed E-state index contributed by atoms with van der Waals surface area (Å²) in [6, 6.07) is 10.2. The van der Waals surface area contributed by atoms with Crippen LogP contribution < -0.4 is 5.32 Å². The third-order valence-corrected chi connectivity index (χ3v) is 4.51. The second kappa shape index (κ2) is 6.82. The zero-order chi connectivity index (χ0) is 15.3. The predicted octanol–water partition coefficient (Wildman–Crippen LogP) is 3.87. The van der Waals surface area contributed by atoms with Gasteiger partial charge in [-0.25, -0.2) is 4.79 Å². The molecule has 0 aromatic heterocycles. The zero-order valence-electron chi connectivity index (χ0n) is 12.9. The fraction of sp³-hybridized carbons (Fsp3) is 0.421. The average molecular weight is 297 g/mol. The maximum Gasteiger partial charge on any atom is 0.334 e. The monoisotopic (exact) mass is 297 g/mol. The molecule has 0 radical (unpaired) electrons. The zero-order valence-corrected chi connectivity index (χ0v) is 12.9. The largest absolute Gasteiger partial charge is 0.455 e. The van der Waals surface area contributed by atoms with Gasteiger partial charge in [0.05, 0.1) is 0 Å². The van der Waals surface area contributed by atoms with Gasteiger partial charge >= 0.3 is 5.97 Å². The number of hydrogen-bond acceptors (Lipinski definition) is 3. The summed E-state index contributed by atoms with van der Waals surface area (Å²) in [6.07, 6.45) is 12.1. The standard InChI is InChI=1S/C19H23NO2/c21-18-17(14-19(22-18)11-5-2-6-12-19)10-7-13-20-15-16-8-3-1-4-9-16/h1,3-4,7-10,13,20H,2,5-6,11-12,14-15H2/b13-7+,17-10-. The maximum atomic E-state index is 12.0. The van der Waals surface area contributed by atoms with Crippen LogP contribution in [0.1, 0.15) is 44.1 Å². The van der Waals surface area contributed by atoms with Gasteiger partial charge in [0.15, 0.2) is 0 Å². The Balaban J connectivity index is 1.52. The Morgan fingerprint density at radius 1 is 1.14 bits per heavy atom. The van der Waals surface area contributed by atoms with Crippen LogP contribution in [0.3, 0.4) is 0 Å². The van der Waals surface area contributed by atoms with Gasteiger partial charge in [0, 0.05) is 18.5 Å². The summed E-state index contributed by atoms with van der Waals surface area (Å²) in [4.78, 5) is 12.0. The Hall–Kier alpha value is -2.03. The van der Waals surface area contributed by atoms with Crippen LogP contribution in [0.5, 0.6) is 0 Å². The van der Waals surface area contributed by atoms with Crippen LogP contribution in [0.15, 0.2) is 54.3 Å². The molecule has 3 heteroatoms. The number of rotatable bonds is 4. The third-order valence-electron chi connectivity index (χ3n) is 4.51. The van der Waals surface area contributed by atoms with Crippen molar-refractivity contribution in [1.82, 2.24) is 5.32 Å². The lowest BCUT2D eigenvalue weighted by molar-refractivity contribution is -0.148. The molecule has 22 heavy (non-hydrogen) atoms. The second-order valence-electron chi connectivity index (χ2n) is 6.23. The Bertz CT molecular complexity index is 568. The van der Waals surface area contributed by atoms with Crippen molar-refractivity contribution in [3.05, 3.63) is 59.8 Å². The fourth-order valence-corrected chi connectivity index (χ4v) is 3.32. The number of ether oxygens (including phenoxy) is 1. The molecule has 0 atom stereocenters. The van der Waals surface area contributed by atoms with E-state index in [4.69, 9.17) is 4.74 Å². The van der Waals surface area contributed by atoms with Gasteiger partial charge < -0.3 is 10.1 Å². The molecule has 1 heterocycles. The van der Waals surface area contributed by atoms with Crippen molar-refractivity contribution >= 4 is 5.97 Å². The molecule has 2 aliphatic rings. The maximum absolute atomic E-state index is 12.0. The molecule has 0 unspecified atom stereocenters. The molecule has 1 aromatic carbocycles. The normalized spacial score (nSPS) is 22.4. The first-order valence-corrected chi connectivity index (χ1v) is 8.14. The van der Waals surface area contributed by atoms with Crippen molar-refractivity contribution < 1.29 is 9.53 Å². The molecule has 1 N–H and O–H groups in total. The molecule has 1 aliphatic heterocycles. The number of allylic oxidation sites excluding steroid dienone is 2. The highest BCUT2D eigenvalue weighted by molar-refractivity contribution is 5.91. The molecule has 1 saturated heterocycles. The summed E-state index contributed by atoms with van der Waals surface area (Å²) in [5, 5.41) is 3.23. The van der Waals surface area contributed by atoms with E-state index in [9.17, 15) is 4.79 Å². The van der Waals surface area contributed by atoms with Crippen LogP contribution in [0, 0.1) is 0 Å². The summed E-state index contributed by atoms with van der Waals surface area (Å²) < 4.78 is 5.67. The summed E-state index contributed by atoms with van der Waals surface area (Å²) in [6.45, 7) is 0.787. The second-order valence-corrected chi connectivity index (χ2v) is 6.23. The minimum absolute atomic E-state index is 0.130. The molecular weight excluding hydrogens is 274 g/mol. The smallest absolute Gasteiger partial charge is 0.334 e. The Morgan fingerprint density at radius 2 is 1.91 bits per heavy atom. The SMILES string of the molecule is O=C1OC2(CCCCC2)C/C1=C/C=C/NCc1ccccc1. The van der Waals surface area contributed by atoms with Crippen molar-refractivity contribution in [3.63, 3.8) is 0 Å². The lowest BCUT2D eigenvalue weighted by Crippen LogP contribution is -2.30. The van der Waals surface area contributed by atoms with E-state index in [0.29, 0.717) is 0 Å². The fourth-order valence-electron chi connectivity index (χ4n) is 3.32. The van der Waals surface area contributed by atoms with E-state index in [-0.39, 0.29) is 11.6 Å². The number of nitrogens with one attached hydrogen (secondary N) is 1. The molecule has 1 aromatic rings. The molecule has 2 fully saturated rings. The first-order chi connectivity index (χ1) is 10.8. The first-order valence-electron chi connectivity index (χ1n) is 8.14.